The predicted molar refractivity (Wildman–Crippen MR) is 182 cm³/mol. The Morgan fingerprint density at radius 2 is 0.935 bits per heavy atom. The van der Waals surface area contributed by atoms with Gasteiger partial charge in [0.25, 0.3) is 0 Å². The highest BCUT2D eigenvalue weighted by Crippen LogP contribution is 2.45. The predicted octanol–water partition coefficient (Wildman–Crippen LogP) is 10.2. The smallest absolute Gasteiger partial charge is 0.181 e. The maximum absolute atomic E-state index is 5.63. The van der Waals surface area contributed by atoms with Crippen LogP contribution < -0.4 is 0 Å². The van der Waals surface area contributed by atoms with E-state index in [1.54, 1.807) is 12.4 Å². The van der Waals surface area contributed by atoms with Crippen molar-refractivity contribution >= 4 is 32.3 Å². The van der Waals surface area contributed by atoms with Crippen LogP contribution in [-0.4, -0.2) is 19.9 Å². The van der Waals surface area contributed by atoms with Crippen LogP contribution in [0.3, 0.4) is 0 Å². The number of oxazole rings is 2. The maximum atomic E-state index is 5.63. The summed E-state index contributed by atoms with van der Waals surface area (Å²) >= 11 is 0. The summed E-state index contributed by atoms with van der Waals surface area (Å²) in [7, 11) is 0. The Balaban J connectivity index is 1.38. The largest absolute Gasteiger partial charge is 0.442 e. The SMILES string of the molecule is c1cc(-c2cnco2)nc(-c2c3ccccc3c(-c3cccc(-c4cnco4)n3)c3cc(-c4cccc5ccccc45)ccc23)c1. The van der Waals surface area contributed by atoms with E-state index in [1.165, 1.54) is 29.1 Å². The fraction of sp³-hybridized carbons (Fsp3) is 0. The van der Waals surface area contributed by atoms with Gasteiger partial charge < -0.3 is 8.83 Å². The molecule has 9 rings (SSSR count). The molecule has 0 N–H and O–H groups in total. The third-order valence-corrected chi connectivity index (χ3v) is 8.50. The number of hydrogen-bond acceptors (Lipinski definition) is 6. The molecule has 5 aromatic carbocycles. The highest BCUT2D eigenvalue weighted by molar-refractivity contribution is 6.21. The van der Waals surface area contributed by atoms with Gasteiger partial charge in [0.05, 0.1) is 23.8 Å². The van der Waals surface area contributed by atoms with Crippen molar-refractivity contribution in [2.75, 3.05) is 0 Å². The van der Waals surface area contributed by atoms with Gasteiger partial charge in [0.15, 0.2) is 24.3 Å². The summed E-state index contributed by atoms with van der Waals surface area (Å²) in [5.74, 6) is 1.25. The van der Waals surface area contributed by atoms with Gasteiger partial charge in [-0.15, -0.1) is 0 Å². The van der Waals surface area contributed by atoms with Gasteiger partial charge in [0, 0.05) is 11.1 Å². The van der Waals surface area contributed by atoms with Crippen molar-refractivity contribution in [1.82, 2.24) is 19.9 Å². The van der Waals surface area contributed by atoms with Gasteiger partial charge in [-0.25, -0.2) is 19.9 Å². The van der Waals surface area contributed by atoms with E-state index in [1.807, 2.05) is 24.3 Å². The van der Waals surface area contributed by atoms with Crippen molar-refractivity contribution in [1.29, 1.82) is 0 Å². The molecular formula is C40H24N4O2. The average molecular weight is 593 g/mol. The first kappa shape index (κ1) is 26.0. The zero-order valence-electron chi connectivity index (χ0n) is 24.5. The van der Waals surface area contributed by atoms with E-state index in [-0.39, 0.29) is 0 Å². The highest BCUT2D eigenvalue weighted by atomic mass is 16.3. The Morgan fingerprint density at radius 1 is 0.413 bits per heavy atom. The monoisotopic (exact) mass is 592 g/mol. The van der Waals surface area contributed by atoms with Crippen LogP contribution in [0.2, 0.25) is 0 Å². The van der Waals surface area contributed by atoms with Gasteiger partial charge in [-0.2, -0.15) is 0 Å². The minimum atomic E-state index is 0.622. The summed E-state index contributed by atoms with van der Waals surface area (Å²) in [5.41, 5.74) is 7.54. The zero-order valence-corrected chi connectivity index (χ0v) is 24.5. The molecule has 0 radical (unpaired) electrons. The number of aromatic nitrogens is 4. The van der Waals surface area contributed by atoms with Gasteiger partial charge in [-0.3, -0.25) is 0 Å². The first-order chi connectivity index (χ1) is 22.8. The molecule has 6 nitrogen and oxygen atoms in total. The third-order valence-electron chi connectivity index (χ3n) is 8.50. The Hall–Kier alpha value is -6.40. The molecule has 6 heteroatoms. The van der Waals surface area contributed by atoms with Crippen LogP contribution in [0.1, 0.15) is 0 Å². The molecule has 0 aliphatic rings. The van der Waals surface area contributed by atoms with Crippen LogP contribution >= 0.6 is 0 Å². The van der Waals surface area contributed by atoms with Crippen LogP contribution in [0.15, 0.2) is 155 Å². The van der Waals surface area contributed by atoms with E-state index in [2.05, 4.69) is 107 Å². The molecule has 0 fully saturated rings. The molecular weight excluding hydrogens is 568 g/mol. The van der Waals surface area contributed by atoms with Gasteiger partial charge >= 0.3 is 0 Å². The Morgan fingerprint density at radius 3 is 1.57 bits per heavy atom. The maximum Gasteiger partial charge on any atom is 0.181 e. The first-order valence-electron chi connectivity index (χ1n) is 15.0. The molecule has 4 heterocycles. The fourth-order valence-corrected chi connectivity index (χ4v) is 6.48. The number of hydrogen-bond donors (Lipinski definition) is 0. The highest BCUT2D eigenvalue weighted by Gasteiger charge is 2.20. The fourth-order valence-electron chi connectivity index (χ4n) is 6.48. The summed E-state index contributed by atoms with van der Waals surface area (Å²) < 4.78 is 11.2. The van der Waals surface area contributed by atoms with Crippen LogP contribution in [0.4, 0.5) is 0 Å². The first-order valence-corrected chi connectivity index (χ1v) is 15.0. The number of fused-ring (bicyclic) bond motifs is 3. The molecule has 0 saturated carbocycles. The molecule has 4 aromatic heterocycles. The van der Waals surface area contributed by atoms with Crippen molar-refractivity contribution < 1.29 is 8.83 Å². The lowest BCUT2D eigenvalue weighted by molar-refractivity contribution is 0.569. The van der Waals surface area contributed by atoms with Crippen molar-refractivity contribution in [3.63, 3.8) is 0 Å². The van der Waals surface area contributed by atoms with Gasteiger partial charge in [0.1, 0.15) is 11.4 Å². The molecule has 9 aromatic rings. The Bertz CT molecular complexity index is 2530. The molecule has 0 atom stereocenters. The molecule has 0 aliphatic carbocycles. The van der Waals surface area contributed by atoms with E-state index in [9.17, 15) is 0 Å². The van der Waals surface area contributed by atoms with Crippen LogP contribution in [0.5, 0.6) is 0 Å². The summed E-state index contributed by atoms with van der Waals surface area (Å²) in [6, 6.07) is 42.2. The minimum absolute atomic E-state index is 0.622. The average Bonchev–Trinajstić information content (AvgIpc) is 3.86. The van der Waals surface area contributed by atoms with E-state index in [4.69, 9.17) is 18.8 Å². The molecule has 0 bridgehead atoms. The molecule has 216 valence electrons. The number of pyridine rings is 2. The number of nitrogens with zero attached hydrogens (tertiary/aromatic N) is 4. The second kappa shape index (κ2) is 10.6. The minimum Gasteiger partial charge on any atom is -0.442 e. The second-order valence-electron chi connectivity index (χ2n) is 11.1. The standard InChI is InChI=1S/C40H24N4O2/c1-2-10-27-25(8-1)9-5-13-28(27)26-18-19-31-32(20-26)40(36-17-7-15-34(44-36)38-22-42-24-46-38)30-12-4-3-11-29(30)39(31)35-16-6-14-33(43-35)37-21-41-23-45-37/h1-24H. The molecule has 46 heavy (non-hydrogen) atoms. The Kier molecular flexibility index (Phi) is 6.03. The lowest BCUT2D eigenvalue weighted by atomic mass is 9.86. The van der Waals surface area contributed by atoms with E-state index in [0.717, 1.165) is 61.0 Å². The topological polar surface area (TPSA) is 77.8 Å². The Labute approximate surface area is 263 Å². The van der Waals surface area contributed by atoms with Crippen LogP contribution in [0.25, 0.3) is 88.9 Å². The quantitative estimate of drug-likeness (QED) is 0.185. The zero-order chi connectivity index (χ0) is 30.5. The molecule has 0 spiro atoms. The van der Waals surface area contributed by atoms with Gasteiger partial charge in [0.2, 0.25) is 0 Å². The van der Waals surface area contributed by atoms with E-state index < -0.39 is 0 Å². The lowest BCUT2D eigenvalue weighted by Gasteiger charge is -2.18. The van der Waals surface area contributed by atoms with Crippen molar-refractivity contribution in [3.05, 3.63) is 147 Å². The second-order valence-corrected chi connectivity index (χ2v) is 11.1. The van der Waals surface area contributed by atoms with Crippen LogP contribution in [0, 0.1) is 0 Å². The number of benzene rings is 5. The van der Waals surface area contributed by atoms with Crippen molar-refractivity contribution in [2.24, 2.45) is 0 Å². The van der Waals surface area contributed by atoms with Crippen molar-refractivity contribution in [2.45, 2.75) is 0 Å². The van der Waals surface area contributed by atoms with E-state index >= 15 is 0 Å². The summed E-state index contributed by atoms with van der Waals surface area (Å²) in [6.07, 6.45) is 6.24. The molecule has 0 saturated heterocycles. The lowest BCUT2D eigenvalue weighted by Crippen LogP contribution is -1.95. The van der Waals surface area contributed by atoms with Crippen molar-refractivity contribution in [3.8, 4) is 56.6 Å². The molecule has 0 unspecified atom stereocenters. The van der Waals surface area contributed by atoms with E-state index in [0.29, 0.717) is 11.5 Å². The molecule has 0 amide bonds. The summed E-state index contributed by atoms with van der Waals surface area (Å²) in [5, 5.41) is 6.72. The van der Waals surface area contributed by atoms with Gasteiger partial charge in [-0.1, -0.05) is 91.0 Å². The third kappa shape index (κ3) is 4.27. The number of rotatable bonds is 5. The van der Waals surface area contributed by atoms with Crippen LogP contribution in [-0.2, 0) is 0 Å². The summed E-state index contributed by atoms with van der Waals surface area (Å²) in [6.45, 7) is 0. The molecule has 0 aliphatic heterocycles. The van der Waals surface area contributed by atoms with Gasteiger partial charge in [-0.05, 0) is 73.8 Å². The summed E-state index contributed by atoms with van der Waals surface area (Å²) in [4.78, 5) is 18.4. The normalized spacial score (nSPS) is 11.5.